The summed E-state index contributed by atoms with van der Waals surface area (Å²) < 4.78 is 30.7. The Labute approximate surface area is 310 Å². The fraction of sp³-hybridized carbons (Fsp3) is 0.250. The summed E-state index contributed by atoms with van der Waals surface area (Å²) >= 11 is 0. The predicted molar refractivity (Wildman–Crippen MR) is 189 cm³/mol. The van der Waals surface area contributed by atoms with Gasteiger partial charge in [0.05, 0.1) is 35.5 Å². The third-order valence-electron chi connectivity index (χ3n) is 7.46. The molecule has 0 bridgehead atoms. The van der Waals surface area contributed by atoms with Crippen LogP contribution in [0, 0.1) is 0 Å². The van der Waals surface area contributed by atoms with Gasteiger partial charge in [0.25, 0.3) is 0 Å². The van der Waals surface area contributed by atoms with Gasteiger partial charge >= 0.3 is 24.2 Å². The molecule has 0 fully saturated rings. The number of unbranched alkanes of at least 4 members (excludes halogenated alkanes) is 2. The fourth-order valence-corrected chi connectivity index (χ4v) is 4.70. The first-order valence-electron chi connectivity index (χ1n) is 17.0. The van der Waals surface area contributed by atoms with E-state index in [0.29, 0.717) is 12.8 Å². The van der Waals surface area contributed by atoms with Gasteiger partial charge in [-0.25, -0.2) is 29.0 Å². The zero-order valence-corrected chi connectivity index (χ0v) is 29.6. The maximum absolute atomic E-state index is 13.7. The van der Waals surface area contributed by atoms with Crippen molar-refractivity contribution in [2.45, 2.75) is 39.5 Å². The van der Waals surface area contributed by atoms with Crippen LogP contribution in [0.1, 0.15) is 92.1 Å². The highest BCUT2D eigenvalue weighted by Gasteiger charge is 2.26. The van der Waals surface area contributed by atoms with Crippen LogP contribution in [-0.2, 0) is 28.7 Å². The van der Waals surface area contributed by atoms with Crippen LogP contribution in [-0.4, -0.2) is 62.6 Å². The average molecular weight is 743 g/mol. The SMILES string of the molecule is CCCCOC(=O)OCOc1ccccc1C(=O)c1ccccc1C(=O)OOC(=O)c1ccccc1C(=O)c1ccccc1OCOC(=O)OCCCC. The molecule has 0 aliphatic carbocycles. The van der Waals surface area contributed by atoms with Crippen molar-refractivity contribution in [3.05, 3.63) is 130 Å². The fourth-order valence-electron chi connectivity index (χ4n) is 4.70. The van der Waals surface area contributed by atoms with E-state index in [4.69, 9.17) is 38.2 Å². The predicted octanol–water partition coefficient (Wildman–Crippen LogP) is 7.66. The summed E-state index contributed by atoms with van der Waals surface area (Å²) in [6.45, 7) is 3.19. The van der Waals surface area contributed by atoms with Crippen LogP contribution in [0.5, 0.6) is 11.5 Å². The topological polar surface area (TPSA) is 176 Å². The summed E-state index contributed by atoms with van der Waals surface area (Å²) in [7, 11) is 0. The van der Waals surface area contributed by atoms with Crippen LogP contribution in [0.25, 0.3) is 0 Å². The highest BCUT2D eigenvalue weighted by molar-refractivity contribution is 6.17. The van der Waals surface area contributed by atoms with E-state index in [9.17, 15) is 28.8 Å². The minimum Gasteiger partial charge on any atom is -0.456 e. The molecular formula is C40H38O14. The zero-order chi connectivity index (χ0) is 38.7. The second-order valence-electron chi connectivity index (χ2n) is 11.2. The Morgan fingerprint density at radius 3 is 1.13 bits per heavy atom. The molecule has 282 valence electrons. The molecule has 0 heterocycles. The first kappa shape index (κ1) is 40.1. The normalized spacial score (nSPS) is 10.3. The van der Waals surface area contributed by atoms with Gasteiger partial charge in [-0.3, -0.25) is 9.59 Å². The number of rotatable bonds is 18. The van der Waals surface area contributed by atoms with Crippen LogP contribution < -0.4 is 9.47 Å². The minimum absolute atomic E-state index is 0.0351. The highest BCUT2D eigenvalue weighted by Crippen LogP contribution is 2.26. The number of ether oxygens (including phenoxy) is 6. The van der Waals surface area contributed by atoms with Gasteiger partial charge in [-0.2, -0.15) is 0 Å². The summed E-state index contributed by atoms with van der Waals surface area (Å²) in [5, 5.41) is 0. The second kappa shape index (κ2) is 21.0. The zero-order valence-electron chi connectivity index (χ0n) is 29.6. The van der Waals surface area contributed by atoms with Crippen molar-refractivity contribution in [2.75, 3.05) is 26.8 Å². The maximum Gasteiger partial charge on any atom is 0.511 e. The monoisotopic (exact) mass is 742 g/mol. The Morgan fingerprint density at radius 1 is 0.426 bits per heavy atom. The standard InChI is InChI=1S/C40H38O14/c1-3-5-23-47-39(45)51-25-49-33-21-13-11-19-31(33)35(41)27-15-7-9-17-29(27)37(43)53-54-38(44)30-18-10-8-16-28(30)36(42)32-20-12-14-22-34(32)50-26-52-40(46)48-24-6-4-2/h7-22H,3-6,23-26H2,1-2H3. The van der Waals surface area contributed by atoms with Crippen LogP contribution >= 0.6 is 0 Å². The van der Waals surface area contributed by atoms with Gasteiger partial charge in [0, 0.05) is 11.1 Å². The van der Waals surface area contributed by atoms with Crippen LogP contribution in [0.15, 0.2) is 97.1 Å². The van der Waals surface area contributed by atoms with E-state index in [1.807, 2.05) is 13.8 Å². The van der Waals surface area contributed by atoms with E-state index in [-0.39, 0.29) is 58.1 Å². The van der Waals surface area contributed by atoms with Crippen molar-refractivity contribution in [1.29, 1.82) is 0 Å². The van der Waals surface area contributed by atoms with Crippen molar-refractivity contribution in [1.82, 2.24) is 0 Å². The summed E-state index contributed by atoms with van der Waals surface area (Å²) in [5.74, 6) is -3.54. The molecule has 0 amide bonds. The van der Waals surface area contributed by atoms with Crippen molar-refractivity contribution in [3.63, 3.8) is 0 Å². The molecule has 0 aliphatic rings. The highest BCUT2D eigenvalue weighted by atomic mass is 17.2. The lowest BCUT2D eigenvalue weighted by molar-refractivity contribution is -0.187. The van der Waals surface area contributed by atoms with Gasteiger partial charge in [-0.1, -0.05) is 87.4 Å². The molecule has 4 aromatic carbocycles. The van der Waals surface area contributed by atoms with Crippen molar-refractivity contribution < 1.29 is 67.0 Å². The molecule has 14 heteroatoms. The Kier molecular flexibility index (Phi) is 15.6. The summed E-state index contributed by atoms with van der Waals surface area (Å²) in [4.78, 5) is 87.0. The number of para-hydroxylation sites is 2. The van der Waals surface area contributed by atoms with Gasteiger partial charge in [-0.05, 0) is 49.2 Å². The summed E-state index contributed by atoms with van der Waals surface area (Å²) in [5.41, 5.74) is -0.638. The van der Waals surface area contributed by atoms with E-state index in [1.54, 1.807) is 24.3 Å². The molecule has 0 unspecified atom stereocenters. The molecule has 0 aromatic heterocycles. The van der Waals surface area contributed by atoms with Crippen LogP contribution in [0.3, 0.4) is 0 Å². The molecule has 4 aromatic rings. The van der Waals surface area contributed by atoms with E-state index in [0.717, 1.165) is 12.8 Å². The molecule has 0 spiro atoms. The molecule has 0 aliphatic heterocycles. The lowest BCUT2D eigenvalue weighted by Crippen LogP contribution is -2.18. The van der Waals surface area contributed by atoms with Crippen LogP contribution in [0.2, 0.25) is 0 Å². The molecule has 14 nitrogen and oxygen atoms in total. The van der Waals surface area contributed by atoms with E-state index in [1.165, 1.54) is 72.8 Å². The lowest BCUT2D eigenvalue weighted by Gasteiger charge is -2.13. The van der Waals surface area contributed by atoms with Gasteiger partial charge in [-0.15, -0.1) is 0 Å². The largest absolute Gasteiger partial charge is 0.511 e. The van der Waals surface area contributed by atoms with E-state index in [2.05, 4.69) is 0 Å². The molecule has 0 N–H and O–H groups in total. The molecule has 4 rings (SSSR count). The molecule has 0 saturated heterocycles. The van der Waals surface area contributed by atoms with Gasteiger partial charge in [0.15, 0.2) is 11.6 Å². The Balaban J connectivity index is 1.42. The average Bonchev–Trinajstić information content (AvgIpc) is 3.20. The summed E-state index contributed by atoms with van der Waals surface area (Å²) in [6, 6.07) is 23.5. The van der Waals surface area contributed by atoms with Crippen molar-refractivity contribution in [3.8, 4) is 11.5 Å². The third-order valence-corrected chi connectivity index (χ3v) is 7.46. The first-order valence-corrected chi connectivity index (χ1v) is 17.0. The number of ketones is 2. The smallest absolute Gasteiger partial charge is 0.456 e. The van der Waals surface area contributed by atoms with Crippen molar-refractivity contribution in [2.24, 2.45) is 0 Å². The number of hydrogen-bond acceptors (Lipinski definition) is 14. The van der Waals surface area contributed by atoms with Crippen molar-refractivity contribution >= 4 is 35.8 Å². The third kappa shape index (κ3) is 11.4. The molecule has 0 radical (unpaired) electrons. The van der Waals surface area contributed by atoms with Gasteiger partial charge < -0.3 is 28.4 Å². The number of carbonyl (C=O) groups excluding carboxylic acids is 6. The number of carbonyl (C=O) groups is 6. The lowest BCUT2D eigenvalue weighted by atomic mass is 9.97. The Bertz CT molecular complexity index is 1800. The maximum atomic E-state index is 13.7. The number of hydrogen-bond donors (Lipinski definition) is 0. The van der Waals surface area contributed by atoms with Gasteiger partial charge in [0.2, 0.25) is 13.6 Å². The Morgan fingerprint density at radius 2 is 0.759 bits per heavy atom. The minimum atomic E-state index is -1.18. The van der Waals surface area contributed by atoms with E-state index >= 15 is 0 Å². The van der Waals surface area contributed by atoms with E-state index < -0.39 is 49.4 Å². The quantitative estimate of drug-likeness (QED) is 0.0242. The van der Waals surface area contributed by atoms with Gasteiger partial charge in [0.1, 0.15) is 11.5 Å². The Hall–Kier alpha value is -6.70. The molecule has 54 heavy (non-hydrogen) atoms. The second-order valence-corrected chi connectivity index (χ2v) is 11.2. The first-order chi connectivity index (χ1) is 26.2. The molecular weight excluding hydrogens is 704 g/mol. The summed E-state index contributed by atoms with van der Waals surface area (Å²) in [6.07, 6.45) is 1.15. The molecule has 0 saturated carbocycles. The van der Waals surface area contributed by atoms with Crippen LogP contribution in [0.4, 0.5) is 9.59 Å². The number of benzene rings is 4. The molecule has 0 atom stereocenters.